The molecule has 0 atom stereocenters. The van der Waals surface area contributed by atoms with Crippen LogP contribution < -0.4 is 5.32 Å². The summed E-state index contributed by atoms with van der Waals surface area (Å²) in [5, 5.41) is 3.42. The van der Waals surface area contributed by atoms with Crippen LogP contribution in [0.3, 0.4) is 0 Å². The molecule has 0 unspecified atom stereocenters. The summed E-state index contributed by atoms with van der Waals surface area (Å²) in [6.45, 7) is 10.6. The summed E-state index contributed by atoms with van der Waals surface area (Å²) < 4.78 is 0. The molecule has 0 aromatic heterocycles. The number of nitrogens with one attached hydrogen (secondary N) is 1. The molecule has 0 spiro atoms. The van der Waals surface area contributed by atoms with Crippen molar-refractivity contribution in [3.8, 4) is 0 Å². The lowest BCUT2D eigenvalue weighted by Crippen LogP contribution is -2.31. The van der Waals surface area contributed by atoms with Crippen molar-refractivity contribution in [3.05, 3.63) is 29.3 Å². The Labute approximate surface area is 117 Å². The van der Waals surface area contributed by atoms with Crippen molar-refractivity contribution in [3.63, 3.8) is 0 Å². The van der Waals surface area contributed by atoms with E-state index in [9.17, 15) is 4.79 Å². The summed E-state index contributed by atoms with van der Waals surface area (Å²) in [6, 6.07) is 6.33. The third-order valence-corrected chi connectivity index (χ3v) is 3.50. The SMILES string of the molecule is CCc1cccc(C)c1NCCC(=O)N(CC)CC. The number of amides is 1. The van der Waals surface area contributed by atoms with Gasteiger partial charge in [0, 0.05) is 31.7 Å². The first-order valence-electron chi connectivity index (χ1n) is 7.24. The van der Waals surface area contributed by atoms with Gasteiger partial charge in [0.25, 0.3) is 0 Å². The van der Waals surface area contributed by atoms with Crippen molar-refractivity contribution in [1.29, 1.82) is 0 Å². The van der Waals surface area contributed by atoms with Crippen LogP contribution in [0.2, 0.25) is 0 Å². The lowest BCUT2D eigenvalue weighted by atomic mass is 10.1. The van der Waals surface area contributed by atoms with Gasteiger partial charge in [-0.15, -0.1) is 0 Å². The molecule has 1 amide bonds. The number of hydrogen-bond donors (Lipinski definition) is 1. The predicted octanol–water partition coefficient (Wildman–Crippen LogP) is 3.23. The summed E-state index contributed by atoms with van der Waals surface area (Å²) in [5.74, 6) is 0.226. The minimum Gasteiger partial charge on any atom is -0.384 e. The van der Waals surface area contributed by atoms with Crippen LogP contribution in [0, 0.1) is 6.92 Å². The van der Waals surface area contributed by atoms with E-state index in [2.05, 4.69) is 37.4 Å². The second-order valence-electron chi connectivity index (χ2n) is 4.71. The van der Waals surface area contributed by atoms with Crippen LogP contribution in [0.25, 0.3) is 0 Å². The van der Waals surface area contributed by atoms with Gasteiger partial charge in [0.2, 0.25) is 5.91 Å². The summed E-state index contributed by atoms with van der Waals surface area (Å²) in [7, 11) is 0. The maximum absolute atomic E-state index is 11.9. The summed E-state index contributed by atoms with van der Waals surface area (Å²) in [5.41, 5.74) is 3.75. The molecule has 0 aliphatic heterocycles. The van der Waals surface area contributed by atoms with E-state index >= 15 is 0 Å². The Bertz CT molecular complexity index is 411. The van der Waals surface area contributed by atoms with Gasteiger partial charge in [0.1, 0.15) is 0 Å². The Morgan fingerprint density at radius 1 is 1.21 bits per heavy atom. The summed E-state index contributed by atoms with van der Waals surface area (Å²) in [4.78, 5) is 13.8. The molecule has 3 nitrogen and oxygen atoms in total. The molecule has 0 aliphatic rings. The molecule has 0 saturated heterocycles. The maximum atomic E-state index is 11.9. The molecule has 0 saturated carbocycles. The number of aryl methyl sites for hydroxylation is 2. The first kappa shape index (κ1) is 15.5. The van der Waals surface area contributed by atoms with E-state index in [4.69, 9.17) is 0 Å². The van der Waals surface area contributed by atoms with Crippen LogP contribution in [0.15, 0.2) is 18.2 Å². The lowest BCUT2D eigenvalue weighted by Gasteiger charge is -2.19. The second kappa shape index (κ2) is 7.82. The molecular formula is C16H26N2O. The van der Waals surface area contributed by atoms with E-state index in [1.165, 1.54) is 16.8 Å². The van der Waals surface area contributed by atoms with Gasteiger partial charge in [-0.1, -0.05) is 25.1 Å². The number of hydrogen-bond acceptors (Lipinski definition) is 2. The molecule has 0 fully saturated rings. The second-order valence-corrected chi connectivity index (χ2v) is 4.71. The minimum absolute atomic E-state index is 0.226. The van der Waals surface area contributed by atoms with Crippen LogP contribution in [0.4, 0.5) is 5.69 Å². The van der Waals surface area contributed by atoms with Crippen LogP contribution in [0.5, 0.6) is 0 Å². The molecule has 3 heteroatoms. The standard InChI is InChI=1S/C16H26N2O/c1-5-14-10-8-9-13(4)16(14)17-12-11-15(19)18(6-2)7-3/h8-10,17H,5-7,11-12H2,1-4H3. The number of rotatable bonds is 7. The maximum Gasteiger partial charge on any atom is 0.224 e. The zero-order chi connectivity index (χ0) is 14.3. The molecule has 0 aliphatic carbocycles. The smallest absolute Gasteiger partial charge is 0.224 e. The molecule has 106 valence electrons. The Kier molecular flexibility index (Phi) is 6.40. The molecule has 19 heavy (non-hydrogen) atoms. The van der Waals surface area contributed by atoms with Crippen molar-refractivity contribution in [2.45, 2.75) is 40.5 Å². The lowest BCUT2D eigenvalue weighted by molar-refractivity contribution is -0.130. The van der Waals surface area contributed by atoms with E-state index in [1.54, 1.807) is 0 Å². The topological polar surface area (TPSA) is 32.3 Å². The fourth-order valence-corrected chi connectivity index (χ4v) is 2.30. The Morgan fingerprint density at radius 2 is 1.89 bits per heavy atom. The molecule has 0 bridgehead atoms. The van der Waals surface area contributed by atoms with Crippen molar-refractivity contribution < 1.29 is 4.79 Å². The predicted molar refractivity (Wildman–Crippen MR) is 81.6 cm³/mol. The third kappa shape index (κ3) is 4.27. The van der Waals surface area contributed by atoms with Crippen LogP contribution in [0.1, 0.15) is 38.3 Å². The Hall–Kier alpha value is -1.51. The van der Waals surface area contributed by atoms with Gasteiger partial charge in [-0.05, 0) is 38.3 Å². The molecule has 1 rings (SSSR count). The quantitative estimate of drug-likeness (QED) is 0.818. The Balaban J connectivity index is 2.56. The summed E-state index contributed by atoms with van der Waals surface area (Å²) in [6.07, 6.45) is 1.56. The monoisotopic (exact) mass is 262 g/mol. The van der Waals surface area contributed by atoms with Crippen LogP contribution >= 0.6 is 0 Å². The number of carbonyl (C=O) groups excluding carboxylic acids is 1. The van der Waals surface area contributed by atoms with Gasteiger partial charge >= 0.3 is 0 Å². The highest BCUT2D eigenvalue weighted by molar-refractivity contribution is 5.76. The van der Waals surface area contributed by atoms with Crippen molar-refractivity contribution in [2.24, 2.45) is 0 Å². The van der Waals surface area contributed by atoms with Crippen molar-refractivity contribution >= 4 is 11.6 Å². The van der Waals surface area contributed by atoms with Gasteiger partial charge in [0.15, 0.2) is 0 Å². The average Bonchev–Trinajstić information content (AvgIpc) is 2.41. The highest BCUT2D eigenvalue weighted by Gasteiger charge is 2.09. The molecule has 1 aromatic rings. The van der Waals surface area contributed by atoms with E-state index in [0.717, 1.165) is 19.5 Å². The third-order valence-electron chi connectivity index (χ3n) is 3.50. The minimum atomic E-state index is 0.226. The average molecular weight is 262 g/mol. The molecule has 1 N–H and O–H groups in total. The van der Waals surface area contributed by atoms with Gasteiger partial charge in [-0.25, -0.2) is 0 Å². The first-order valence-corrected chi connectivity index (χ1v) is 7.24. The van der Waals surface area contributed by atoms with E-state index in [-0.39, 0.29) is 5.91 Å². The van der Waals surface area contributed by atoms with E-state index in [0.29, 0.717) is 13.0 Å². The van der Waals surface area contributed by atoms with Gasteiger partial charge in [0.05, 0.1) is 0 Å². The molecule has 0 heterocycles. The summed E-state index contributed by atoms with van der Waals surface area (Å²) >= 11 is 0. The number of benzene rings is 1. The van der Waals surface area contributed by atoms with Gasteiger partial charge in [-0.3, -0.25) is 4.79 Å². The fraction of sp³-hybridized carbons (Fsp3) is 0.562. The number of anilines is 1. The first-order chi connectivity index (χ1) is 9.13. The normalized spacial score (nSPS) is 10.3. The zero-order valence-corrected chi connectivity index (χ0v) is 12.6. The van der Waals surface area contributed by atoms with E-state index in [1.807, 2.05) is 18.7 Å². The Morgan fingerprint density at radius 3 is 2.47 bits per heavy atom. The molecular weight excluding hydrogens is 236 g/mol. The highest BCUT2D eigenvalue weighted by Crippen LogP contribution is 2.20. The van der Waals surface area contributed by atoms with E-state index < -0.39 is 0 Å². The van der Waals surface area contributed by atoms with Crippen LogP contribution in [-0.2, 0) is 11.2 Å². The van der Waals surface area contributed by atoms with Crippen molar-refractivity contribution in [1.82, 2.24) is 4.90 Å². The van der Waals surface area contributed by atoms with Gasteiger partial charge in [-0.2, -0.15) is 0 Å². The zero-order valence-electron chi connectivity index (χ0n) is 12.6. The number of nitrogens with zero attached hydrogens (tertiary/aromatic N) is 1. The number of carbonyl (C=O) groups is 1. The molecule has 0 radical (unpaired) electrons. The highest BCUT2D eigenvalue weighted by atomic mass is 16.2. The van der Waals surface area contributed by atoms with Crippen LogP contribution in [-0.4, -0.2) is 30.4 Å². The fourth-order valence-electron chi connectivity index (χ4n) is 2.30. The largest absolute Gasteiger partial charge is 0.384 e. The number of para-hydroxylation sites is 1. The van der Waals surface area contributed by atoms with Gasteiger partial charge < -0.3 is 10.2 Å². The molecule has 1 aromatic carbocycles. The van der Waals surface area contributed by atoms with Crippen molar-refractivity contribution in [2.75, 3.05) is 25.0 Å².